The lowest BCUT2D eigenvalue weighted by molar-refractivity contribution is 0.0677. The highest BCUT2D eigenvalue weighted by Crippen LogP contribution is 2.23. The van der Waals surface area contributed by atoms with Crippen LogP contribution in [0.15, 0.2) is 52.4 Å². The molecule has 0 bridgehead atoms. The molecule has 28 heavy (non-hydrogen) atoms. The van der Waals surface area contributed by atoms with Crippen molar-refractivity contribution in [3.05, 3.63) is 53.0 Å². The second-order valence-corrected chi connectivity index (χ2v) is 7.47. The van der Waals surface area contributed by atoms with Gasteiger partial charge in [-0.1, -0.05) is 12.1 Å². The Morgan fingerprint density at radius 3 is 2.86 bits per heavy atom. The summed E-state index contributed by atoms with van der Waals surface area (Å²) in [5, 5.41) is 21.1. The number of aromatic nitrogens is 2. The fraction of sp³-hybridized carbons (Fsp3) is 0.400. The molecule has 3 aromatic rings. The van der Waals surface area contributed by atoms with Crippen LogP contribution in [0.2, 0.25) is 0 Å². The van der Waals surface area contributed by atoms with Gasteiger partial charge in [0.1, 0.15) is 5.60 Å². The molecule has 0 aliphatic heterocycles. The third-order valence-electron chi connectivity index (χ3n) is 4.43. The van der Waals surface area contributed by atoms with Crippen LogP contribution in [0.4, 0.5) is 0 Å². The summed E-state index contributed by atoms with van der Waals surface area (Å²) >= 11 is 1.58. The van der Waals surface area contributed by atoms with Crippen LogP contribution in [0.5, 0.6) is 0 Å². The molecular weight excluding hydrogens is 485 g/mol. The van der Waals surface area contributed by atoms with E-state index in [1.54, 1.807) is 18.3 Å². The Morgan fingerprint density at radius 2 is 2.11 bits per heavy atom. The quantitative estimate of drug-likeness (QED) is 0.186. The number of fused-ring (bicyclic) bond motifs is 1. The van der Waals surface area contributed by atoms with Crippen molar-refractivity contribution in [2.45, 2.75) is 32.4 Å². The Labute approximate surface area is 187 Å². The smallest absolute Gasteiger partial charge is 0.191 e. The predicted octanol–water partition coefficient (Wildman–Crippen LogP) is 3.57. The van der Waals surface area contributed by atoms with Crippen LogP contribution in [-0.4, -0.2) is 40.3 Å². The van der Waals surface area contributed by atoms with Crippen molar-refractivity contribution < 1.29 is 5.11 Å². The molecule has 1 aromatic carbocycles. The molecular formula is C20H28IN5OS. The van der Waals surface area contributed by atoms with Gasteiger partial charge in [0.2, 0.25) is 0 Å². The third kappa shape index (κ3) is 5.92. The standard InChI is InChI=1S/C20H27N5OS.HI/c1-3-21-19(23-14-20(2,26)16-9-12-27-13-16)22-10-6-11-25-15-24-17-7-4-5-8-18(17)25;/h4-5,7-9,12-13,15,26H,3,6,10-11,14H2,1-2H3,(H2,21,22,23);1H. The Kier molecular flexibility index (Phi) is 8.71. The lowest BCUT2D eigenvalue weighted by Gasteiger charge is -2.21. The van der Waals surface area contributed by atoms with Crippen LogP contribution in [0.25, 0.3) is 11.0 Å². The average molecular weight is 513 g/mol. The minimum absolute atomic E-state index is 0. The molecule has 0 saturated carbocycles. The van der Waals surface area contributed by atoms with Gasteiger partial charge in [0.15, 0.2) is 5.96 Å². The summed E-state index contributed by atoms with van der Waals surface area (Å²) in [4.78, 5) is 8.98. The highest BCUT2D eigenvalue weighted by atomic mass is 127. The molecule has 0 amide bonds. The maximum absolute atomic E-state index is 10.6. The van der Waals surface area contributed by atoms with Crippen molar-refractivity contribution in [2.24, 2.45) is 4.99 Å². The van der Waals surface area contributed by atoms with Crippen molar-refractivity contribution >= 4 is 52.3 Å². The maximum atomic E-state index is 10.6. The van der Waals surface area contributed by atoms with Gasteiger partial charge in [0.25, 0.3) is 0 Å². The van der Waals surface area contributed by atoms with Crippen molar-refractivity contribution in [2.75, 3.05) is 19.6 Å². The van der Waals surface area contributed by atoms with E-state index >= 15 is 0 Å². The van der Waals surface area contributed by atoms with Crippen LogP contribution < -0.4 is 10.6 Å². The minimum atomic E-state index is -0.960. The van der Waals surface area contributed by atoms with Gasteiger partial charge in [-0.25, -0.2) is 9.98 Å². The van der Waals surface area contributed by atoms with E-state index in [1.165, 1.54) is 0 Å². The lowest BCUT2D eigenvalue weighted by Crippen LogP contribution is -2.39. The molecule has 0 radical (unpaired) electrons. The average Bonchev–Trinajstić information content (AvgIpc) is 3.34. The van der Waals surface area contributed by atoms with Crippen LogP contribution in [0.1, 0.15) is 25.8 Å². The van der Waals surface area contributed by atoms with Gasteiger partial charge < -0.3 is 20.3 Å². The van der Waals surface area contributed by atoms with Crippen LogP contribution in [0.3, 0.4) is 0 Å². The molecule has 0 fully saturated rings. The first kappa shape index (κ1) is 22.6. The number of aryl methyl sites for hydroxylation is 1. The number of hydrogen-bond donors (Lipinski definition) is 3. The number of halogens is 1. The number of rotatable bonds is 8. The van der Waals surface area contributed by atoms with E-state index in [2.05, 4.69) is 31.2 Å². The summed E-state index contributed by atoms with van der Waals surface area (Å²) in [6, 6.07) is 10.1. The minimum Gasteiger partial charge on any atom is -0.383 e. The van der Waals surface area contributed by atoms with E-state index in [1.807, 2.05) is 48.3 Å². The number of thiophene rings is 1. The van der Waals surface area contributed by atoms with E-state index in [9.17, 15) is 5.11 Å². The number of benzene rings is 1. The topological polar surface area (TPSA) is 74.5 Å². The second-order valence-electron chi connectivity index (χ2n) is 6.69. The summed E-state index contributed by atoms with van der Waals surface area (Å²) in [6.07, 6.45) is 2.84. The second kappa shape index (κ2) is 10.8. The Morgan fingerprint density at radius 1 is 1.29 bits per heavy atom. The summed E-state index contributed by atoms with van der Waals surface area (Å²) < 4.78 is 2.17. The van der Waals surface area contributed by atoms with Crippen molar-refractivity contribution in [1.29, 1.82) is 0 Å². The number of nitrogens with zero attached hydrogens (tertiary/aromatic N) is 3. The molecule has 1 unspecified atom stereocenters. The fourth-order valence-electron chi connectivity index (χ4n) is 2.88. The van der Waals surface area contributed by atoms with E-state index in [0.29, 0.717) is 6.54 Å². The molecule has 3 N–H and O–H groups in total. The number of aliphatic hydroxyl groups is 1. The van der Waals surface area contributed by atoms with E-state index in [0.717, 1.165) is 48.6 Å². The molecule has 3 rings (SSSR count). The summed E-state index contributed by atoms with van der Waals surface area (Å²) in [7, 11) is 0. The van der Waals surface area contributed by atoms with Crippen LogP contribution >= 0.6 is 35.3 Å². The first-order valence-electron chi connectivity index (χ1n) is 9.27. The van der Waals surface area contributed by atoms with Gasteiger partial charge in [-0.2, -0.15) is 11.3 Å². The van der Waals surface area contributed by atoms with Crippen molar-refractivity contribution in [3.8, 4) is 0 Å². The Balaban J connectivity index is 0.00000280. The number of nitrogens with one attached hydrogen (secondary N) is 2. The number of hydrogen-bond acceptors (Lipinski definition) is 4. The Hall–Kier alpha value is -1.65. The van der Waals surface area contributed by atoms with E-state index in [4.69, 9.17) is 0 Å². The molecule has 0 aliphatic rings. The third-order valence-corrected chi connectivity index (χ3v) is 5.11. The maximum Gasteiger partial charge on any atom is 0.191 e. The van der Waals surface area contributed by atoms with Gasteiger partial charge >= 0.3 is 0 Å². The molecule has 2 aromatic heterocycles. The van der Waals surface area contributed by atoms with E-state index < -0.39 is 5.60 Å². The number of imidazole rings is 1. The van der Waals surface area contributed by atoms with Gasteiger partial charge in [0, 0.05) is 19.6 Å². The highest BCUT2D eigenvalue weighted by molar-refractivity contribution is 14.0. The molecule has 1 atom stereocenters. The molecule has 8 heteroatoms. The largest absolute Gasteiger partial charge is 0.383 e. The normalized spacial score (nSPS) is 13.8. The van der Waals surface area contributed by atoms with Crippen LogP contribution in [0, 0.1) is 0 Å². The Bertz CT molecular complexity index is 876. The van der Waals surface area contributed by atoms with Crippen molar-refractivity contribution in [1.82, 2.24) is 20.2 Å². The van der Waals surface area contributed by atoms with Crippen LogP contribution in [-0.2, 0) is 12.1 Å². The number of para-hydroxylation sites is 2. The zero-order valence-electron chi connectivity index (χ0n) is 16.3. The lowest BCUT2D eigenvalue weighted by atomic mass is 10.00. The number of guanidine groups is 1. The fourth-order valence-corrected chi connectivity index (χ4v) is 3.66. The summed E-state index contributed by atoms with van der Waals surface area (Å²) in [5.41, 5.74) is 2.12. The van der Waals surface area contributed by atoms with Gasteiger partial charge in [-0.05, 0) is 54.8 Å². The first-order chi connectivity index (χ1) is 13.1. The molecule has 152 valence electrons. The molecule has 0 aliphatic carbocycles. The predicted molar refractivity (Wildman–Crippen MR) is 128 cm³/mol. The molecule has 0 saturated heterocycles. The summed E-state index contributed by atoms with van der Waals surface area (Å²) in [6.45, 7) is 6.60. The number of aliphatic imine (C=N–C) groups is 1. The molecule has 0 spiro atoms. The zero-order chi connectivity index (χ0) is 19.1. The van der Waals surface area contributed by atoms with Gasteiger partial charge in [0.05, 0.1) is 23.9 Å². The molecule has 2 heterocycles. The summed E-state index contributed by atoms with van der Waals surface area (Å²) in [5.74, 6) is 0.725. The first-order valence-corrected chi connectivity index (χ1v) is 10.2. The molecule has 6 nitrogen and oxygen atoms in total. The zero-order valence-corrected chi connectivity index (χ0v) is 19.4. The SMILES string of the molecule is CCNC(=NCC(C)(O)c1ccsc1)NCCCn1cnc2ccccc21.I. The van der Waals surface area contributed by atoms with Crippen molar-refractivity contribution in [3.63, 3.8) is 0 Å². The monoisotopic (exact) mass is 513 g/mol. The van der Waals surface area contributed by atoms with Gasteiger partial charge in [-0.15, -0.1) is 24.0 Å². The highest BCUT2D eigenvalue weighted by Gasteiger charge is 2.23. The van der Waals surface area contributed by atoms with E-state index in [-0.39, 0.29) is 24.0 Å². The van der Waals surface area contributed by atoms with Gasteiger partial charge in [-0.3, -0.25) is 0 Å².